The number of hydrogen-bond acceptors (Lipinski definition) is 1. The molecule has 1 nitrogen and oxygen atoms in total. The van der Waals surface area contributed by atoms with E-state index in [1.807, 2.05) is 0 Å². The zero-order chi connectivity index (χ0) is 11.1. The maximum Gasteiger partial charge on any atom is 0.00955 e. The Balaban J connectivity index is 2.35. The van der Waals surface area contributed by atoms with Gasteiger partial charge in [-0.15, -0.1) is 0 Å². The predicted molar refractivity (Wildman–Crippen MR) is 68.1 cm³/mol. The van der Waals surface area contributed by atoms with Crippen molar-refractivity contribution in [3.8, 4) is 0 Å². The molecule has 0 aliphatic heterocycles. The third-order valence-electron chi connectivity index (χ3n) is 3.83. The van der Waals surface area contributed by atoms with Crippen molar-refractivity contribution in [3.63, 3.8) is 0 Å². The molecule has 0 aromatic rings. The Hall–Kier alpha value is -0.0400. The van der Waals surface area contributed by atoms with Gasteiger partial charge in [-0.1, -0.05) is 33.6 Å². The molecule has 0 aromatic carbocycles. The fourth-order valence-electron chi connectivity index (χ4n) is 2.88. The number of nitrogens with one attached hydrogen (secondary N) is 1. The molecule has 1 aliphatic carbocycles. The first-order valence-corrected chi connectivity index (χ1v) is 7.01. The van der Waals surface area contributed by atoms with E-state index in [-0.39, 0.29) is 0 Å². The SMILES string of the molecule is CCCCC1CC(C)CCC1NCCC. The third kappa shape index (κ3) is 4.55. The van der Waals surface area contributed by atoms with Gasteiger partial charge in [-0.2, -0.15) is 0 Å². The van der Waals surface area contributed by atoms with Gasteiger partial charge in [0.25, 0.3) is 0 Å². The molecule has 1 heteroatoms. The molecule has 0 radical (unpaired) electrons. The quantitative estimate of drug-likeness (QED) is 0.700. The smallest absolute Gasteiger partial charge is 0.00955 e. The summed E-state index contributed by atoms with van der Waals surface area (Å²) in [6.07, 6.45) is 9.79. The standard InChI is InChI=1S/C14H29N/c1-4-6-7-13-11-12(3)8-9-14(13)15-10-5-2/h12-15H,4-11H2,1-3H3. The van der Waals surface area contributed by atoms with Gasteiger partial charge in [0.2, 0.25) is 0 Å². The molecule has 90 valence electrons. The normalized spacial score (nSPS) is 31.8. The molecule has 0 bridgehead atoms. The zero-order valence-electron chi connectivity index (χ0n) is 10.9. The fourth-order valence-corrected chi connectivity index (χ4v) is 2.88. The van der Waals surface area contributed by atoms with Crippen LogP contribution in [0.2, 0.25) is 0 Å². The van der Waals surface area contributed by atoms with Crippen LogP contribution < -0.4 is 5.32 Å². The Kier molecular flexibility index (Phi) is 6.31. The molecular weight excluding hydrogens is 182 g/mol. The maximum atomic E-state index is 3.75. The third-order valence-corrected chi connectivity index (χ3v) is 3.83. The van der Waals surface area contributed by atoms with Gasteiger partial charge in [0.05, 0.1) is 0 Å². The number of rotatable bonds is 6. The van der Waals surface area contributed by atoms with Gasteiger partial charge in [0, 0.05) is 6.04 Å². The predicted octanol–water partition coefficient (Wildman–Crippen LogP) is 3.98. The monoisotopic (exact) mass is 211 g/mol. The van der Waals surface area contributed by atoms with Gasteiger partial charge in [-0.3, -0.25) is 0 Å². The summed E-state index contributed by atoms with van der Waals surface area (Å²) in [5.74, 6) is 1.92. The average Bonchev–Trinajstić information content (AvgIpc) is 2.25. The van der Waals surface area contributed by atoms with Crippen molar-refractivity contribution >= 4 is 0 Å². The Labute approximate surface area is 96.0 Å². The van der Waals surface area contributed by atoms with E-state index < -0.39 is 0 Å². The van der Waals surface area contributed by atoms with Gasteiger partial charge in [-0.25, -0.2) is 0 Å². The number of unbranched alkanes of at least 4 members (excludes halogenated alkanes) is 1. The van der Waals surface area contributed by atoms with Crippen LogP contribution in [-0.2, 0) is 0 Å². The van der Waals surface area contributed by atoms with E-state index in [0.29, 0.717) is 0 Å². The average molecular weight is 211 g/mol. The van der Waals surface area contributed by atoms with Crippen LogP contribution in [0.15, 0.2) is 0 Å². The summed E-state index contributed by atoms with van der Waals surface area (Å²) < 4.78 is 0. The molecule has 0 amide bonds. The van der Waals surface area contributed by atoms with Crippen molar-refractivity contribution in [3.05, 3.63) is 0 Å². The van der Waals surface area contributed by atoms with E-state index in [4.69, 9.17) is 0 Å². The lowest BCUT2D eigenvalue weighted by Gasteiger charge is -2.35. The fraction of sp³-hybridized carbons (Fsp3) is 1.00. The first kappa shape index (κ1) is 13.0. The molecule has 1 fully saturated rings. The zero-order valence-corrected chi connectivity index (χ0v) is 10.9. The van der Waals surface area contributed by atoms with Crippen molar-refractivity contribution in [1.29, 1.82) is 0 Å². The van der Waals surface area contributed by atoms with E-state index in [1.54, 1.807) is 0 Å². The summed E-state index contributed by atoms with van der Waals surface area (Å²) >= 11 is 0. The van der Waals surface area contributed by atoms with Crippen LogP contribution in [0.5, 0.6) is 0 Å². The molecule has 3 atom stereocenters. The lowest BCUT2D eigenvalue weighted by atomic mass is 9.76. The van der Waals surface area contributed by atoms with Crippen LogP contribution in [0.1, 0.15) is 65.7 Å². The first-order chi connectivity index (χ1) is 7.27. The van der Waals surface area contributed by atoms with Crippen LogP contribution in [0, 0.1) is 11.8 Å². The van der Waals surface area contributed by atoms with E-state index in [1.165, 1.54) is 51.5 Å². The molecule has 1 saturated carbocycles. The molecule has 1 aliphatic rings. The number of hydrogen-bond donors (Lipinski definition) is 1. The van der Waals surface area contributed by atoms with Crippen molar-refractivity contribution in [2.24, 2.45) is 11.8 Å². The van der Waals surface area contributed by atoms with Crippen molar-refractivity contribution in [1.82, 2.24) is 5.32 Å². The van der Waals surface area contributed by atoms with Gasteiger partial charge in [0.15, 0.2) is 0 Å². The summed E-state index contributed by atoms with van der Waals surface area (Å²) in [4.78, 5) is 0. The van der Waals surface area contributed by atoms with Gasteiger partial charge in [0.1, 0.15) is 0 Å². The summed E-state index contributed by atoms with van der Waals surface area (Å²) in [6, 6.07) is 0.827. The highest BCUT2D eigenvalue weighted by Gasteiger charge is 2.27. The van der Waals surface area contributed by atoms with Crippen molar-refractivity contribution < 1.29 is 0 Å². The second kappa shape index (κ2) is 7.27. The minimum absolute atomic E-state index is 0.827. The van der Waals surface area contributed by atoms with Crippen LogP contribution in [-0.4, -0.2) is 12.6 Å². The highest BCUT2D eigenvalue weighted by molar-refractivity contribution is 4.83. The largest absolute Gasteiger partial charge is 0.314 e. The van der Waals surface area contributed by atoms with E-state index in [0.717, 1.165) is 17.9 Å². The maximum absolute atomic E-state index is 3.75. The Morgan fingerprint density at radius 1 is 1.13 bits per heavy atom. The van der Waals surface area contributed by atoms with E-state index >= 15 is 0 Å². The molecule has 1 rings (SSSR count). The Morgan fingerprint density at radius 3 is 2.60 bits per heavy atom. The van der Waals surface area contributed by atoms with Crippen LogP contribution in [0.3, 0.4) is 0 Å². The second-order valence-electron chi connectivity index (χ2n) is 5.38. The minimum Gasteiger partial charge on any atom is -0.314 e. The summed E-state index contributed by atoms with van der Waals surface area (Å²) in [5, 5.41) is 3.75. The molecule has 0 heterocycles. The highest BCUT2D eigenvalue weighted by atomic mass is 14.9. The van der Waals surface area contributed by atoms with Crippen LogP contribution in [0.4, 0.5) is 0 Å². The Bertz CT molecular complexity index is 153. The van der Waals surface area contributed by atoms with Crippen LogP contribution in [0.25, 0.3) is 0 Å². The summed E-state index contributed by atoms with van der Waals surface area (Å²) in [5.41, 5.74) is 0. The molecule has 0 aromatic heterocycles. The summed E-state index contributed by atoms with van der Waals surface area (Å²) in [7, 11) is 0. The molecular formula is C14H29N. The lowest BCUT2D eigenvalue weighted by Crippen LogP contribution is -2.40. The topological polar surface area (TPSA) is 12.0 Å². The van der Waals surface area contributed by atoms with Crippen molar-refractivity contribution in [2.45, 2.75) is 71.8 Å². The van der Waals surface area contributed by atoms with Crippen molar-refractivity contribution in [2.75, 3.05) is 6.54 Å². The van der Waals surface area contributed by atoms with Gasteiger partial charge in [-0.05, 0) is 50.5 Å². The van der Waals surface area contributed by atoms with Gasteiger partial charge < -0.3 is 5.32 Å². The molecule has 1 N–H and O–H groups in total. The molecule has 15 heavy (non-hydrogen) atoms. The van der Waals surface area contributed by atoms with Crippen LogP contribution >= 0.6 is 0 Å². The molecule has 3 unspecified atom stereocenters. The molecule has 0 saturated heterocycles. The Morgan fingerprint density at radius 2 is 1.93 bits per heavy atom. The minimum atomic E-state index is 0.827. The van der Waals surface area contributed by atoms with E-state index in [9.17, 15) is 0 Å². The first-order valence-electron chi connectivity index (χ1n) is 7.01. The molecule has 0 spiro atoms. The highest BCUT2D eigenvalue weighted by Crippen LogP contribution is 2.32. The van der Waals surface area contributed by atoms with E-state index in [2.05, 4.69) is 26.1 Å². The summed E-state index contributed by atoms with van der Waals surface area (Å²) in [6.45, 7) is 8.21. The van der Waals surface area contributed by atoms with Gasteiger partial charge >= 0.3 is 0 Å². The lowest BCUT2D eigenvalue weighted by molar-refractivity contribution is 0.200. The second-order valence-corrected chi connectivity index (χ2v) is 5.38.